The Hall–Kier alpha value is -2.63. The maximum Gasteiger partial charge on any atom is 0.256 e. The second-order valence-corrected chi connectivity index (χ2v) is 7.83. The van der Waals surface area contributed by atoms with Crippen LogP contribution in [0.4, 0.5) is 5.69 Å². The number of carbonyl (C=O) groups excluding carboxylic acids is 1. The molecule has 0 unspecified atom stereocenters. The summed E-state index contributed by atoms with van der Waals surface area (Å²) in [6.45, 7) is 5.20. The van der Waals surface area contributed by atoms with Crippen LogP contribution in [-0.4, -0.2) is 25.2 Å². The van der Waals surface area contributed by atoms with Crippen molar-refractivity contribution in [3.63, 3.8) is 0 Å². The molecule has 2 heterocycles. The second kappa shape index (κ2) is 8.39. The van der Waals surface area contributed by atoms with Crippen LogP contribution in [0.5, 0.6) is 0 Å². The van der Waals surface area contributed by atoms with Gasteiger partial charge < -0.3 is 14.5 Å². The first-order valence-corrected chi connectivity index (χ1v) is 10.1. The summed E-state index contributed by atoms with van der Waals surface area (Å²) in [5.74, 6) is -0.241. The molecule has 0 radical (unpaired) electrons. The normalized spacial score (nSPS) is 17.1. The van der Waals surface area contributed by atoms with E-state index in [0.717, 1.165) is 41.6 Å². The molecule has 1 N–H and O–H groups in total. The van der Waals surface area contributed by atoms with E-state index < -0.39 is 0 Å². The summed E-state index contributed by atoms with van der Waals surface area (Å²) in [7, 11) is 0. The monoisotopic (exact) mass is 410 g/mol. The Bertz CT molecular complexity index is 1130. The summed E-state index contributed by atoms with van der Waals surface area (Å²) in [5.41, 5.74) is 4.14. The quantitative estimate of drug-likeness (QED) is 0.669. The molecule has 150 valence electrons. The van der Waals surface area contributed by atoms with E-state index in [1.807, 2.05) is 32.0 Å². The molecule has 0 bridgehead atoms. The summed E-state index contributed by atoms with van der Waals surface area (Å²) in [4.78, 5) is 17.7. The largest absolute Gasteiger partial charge is 0.438 e. The molecule has 5 nitrogen and oxygen atoms in total. The van der Waals surface area contributed by atoms with Crippen molar-refractivity contribution in [3.8, 4) is 0 Å². The fourth-order valence-electron chi connectivity index (χ4n) is 3.40. The van der Waals surface area contributed by atoms with Gasteiger partial charge in [-0.15, -0.1) is 0 Å². The van der Waals surface area contributed by atoms with E-state index in [9.17, 15) is 4.79 Å². The van der Waals surface area contributed by atoms with Crippen LogP contribution in [0.25, 0.3) is 11.0 Å². The van der Waals surface area contributed by atoms with Crippen molar-refractivity contribution in [1.82, 2.24) is 5.32 Å². The minimum atomic E-state index is -0.241. The number of hydrogen-bond donors (Lipinski definition) is 1. The lowest BCUT2D eigenvalue weighted by molar-refractivity contribution is 0.0854. The number of rotatable bonds is 4. The molecule has 29 heavy (non-hydrogen) atoms. The van der Waals surface area contributed by atoms with Crippen LogP contribution in [-0.2, 0) is 4.74 Å². The number of amides is 1. The van der Waals surface area contributed by atoms with Crippen molar-refractivity contribution in [1.29, 1.82) is 0 Å². The Morgan fingerprint density at radius 3 is 2.86 bits per heavy atom. The van der Waals surface area contributed by atoms with Gasteiger partial charge in [-0.2, -0.15) is 0 Å². The molecule has 0 spiro atoms. The molecule has 1 amide bonds. The van der Waals surface area contributed by atoms with Gasteiger partial charge in [-0.25, -0.2) is 4.99 Å². The van der Waals surface area contributed by atoms with E-state index in [4.69, 9.17) is 20.8 Å². The van der Waals surface area contributed by atoms with Gasteiger partial charge in [0.15, 0.2) is 0 Å². The van der Waals surface area contributed by atoms with Crippen LogP contribution >= 0.6 is 11.6 Å². The van der Waals surface area contributed by atoms with E-state index in [1.165, 1.54) is 0 Å². The minimum absolute atomic E-state index is 0.0604. The van der Waals surface area contributed by atoms with Crippen molar-refractivity contribution in [3.05, 3.63) is 69.7 Å². The molecule has 1 atom stereocenters. The van der Waals surface area contributed by atoms with Crippen LogP contribution < -0.4 is 10.9 Å². The zero-order valence-corrected chi connectivity index (χ0v) is 17.3. The van der Waals surface area contributed by atoms with Crippen LogP contribution in [0.15, 0.2) is 51.9 Å². The zero-order chi connectivity index (χ0) is 20.4. The van der Waals surface area contributed by atoms with Crippen LogP contribution in [0, 0.1) is 13.8 Å². The van der Waals surface area contributed by atoms with E-state index in [-0.39, 0.29) is 17.6 Å². The first kappa shape index (κ1) is 19.7. The Labute approximate surface area is 174 Å². The third-order valence-electron chi connectivity index (χ3n) is 5.05. The summed E-state index contributed by atoms with van der Waals surface area (Å²) in [5, 5.41) is 4.29. The molecular formula is C23H23ClN2O3. The number of aryl methyl sites for hydroxylation is 2. The molecule has 0 saturated carbocycles. The molecule has 1 saturated heterocycles. The van der Waals surface area contributed by atoms with Crippen molar-refractivity contribution in [2.24, 2.45) is 4.99 Å². The first-order valence-electron chi connectivity index (χ1n) is 9.75. The molecule has 6 heteroatoms. The number of fused-ring (bicyclic) bond motifs is 1. The predicted octanol–water partition coefficient (Wildman–Crippen LogP) is 4.84. The van der Waals surface area contributed by atoms with Crippen molar-refractivity contribution in [2.45, 2.75) is 32.8 Å². The highest BCUT2D eigenvalue weighted by atomic mass is 35.5. The van der Waals surface area contributed by atoms with Crippen molar-refractivity contribution >= 4 is 34.2 Å². The van der Waals surface area contributed by atoms with Gasteiger partial charge in [-0.05, 0) is 68.1 Å². The second-order valence-electron chi connectivity index (χ2n) is 7.39. The van der Waals surface area contributed by atoms with E-state index in [1.54, 1.807) is 24.3 Å². The van der Waals surface area contributed by atoms with Crippen molar-refractivity contribution < 1.29 is 13.9 Å². The van der Waals surface area contributed by atoms with Crippen LogP contribution in [0.2, 0.25) is 5.02 Å². The number of halogens is 1. The van der Waals surface area contributed by atoms with Gasteiger partial charge in [-0.1, -0.05) is 23.7 Å². The Morgan fingerprint density at radius 1 is 1.21 bits per heavy atom. The highest BCUT2D eigenvalue weighted by Gasteiger charge is 2.18. The number of nitrogens with zero attached hydrogens (tertiary/aromatic N) is 1. The lowest BCUT2D eigenvalue weighted by atomic mass is 10.1. The lowest BCUT2D eigenvalue weighted by Crippen LogP contribution is -2.34. The molecule has 1 aliphatic heterocycles. The van der Waals surface area contributed by atoms with Crippen molar-refractivity contribution in [2.75, 3.05) is 13.2 Å². The number of carbonyl (C=O) groups is 1. The van der Waals surface area contributed by atoms with Crippen LogP contribution in [0.1, 0.15) is 34.3 Å². The number of hydrogen-bond acceptors (Lipinski definition) is 4. The molecule has 3 aromatic rings. The fraction of sp³-hybridized carbons (Fsp3) is 0.304. The molecule has 4 rings (SSSR count). The summed E-state index contributed by atoms with van der Waals surface area (Å²) in [6, 6.07) is 13.1. The Balaban J connectivity index is 1.79. The summed E-state index contributed by atoms with van der Waals surface area (Å²) >= 11 is 6.12. The SMILES string of the molecule is Cc1ccc(C)c(N=c2oc3ccc(Cl)cc3cc2C(=O)NC[C@@H]2CCCO2)c1. The van der Waals surface area contributed by atoms with Crippen LogP contribution in [0.3, 0.4) is 0 Å². The molecule has 1 aromatic heterocycles. The number of nitrogens with one attached hydrogen (secondary N) is 1. The average Bonchev–Trinajstić information content (AvgIpc) is 3.22. The first-order chi connectivity index (χ1) is 14.0. The van der Waals surface area contributed by atoms with Gasteiger partial charge in [0.1, 0.15) is 11.1 Å². The predicted molar refractivity (Wildman–Crippen MR) is 114 cm³/mol. The zero-order valence-electron chi connectivity index (χ0n) is 16.5. The highest BCUT2D eigenvalue weighted by Crippen LogP contribution is 2.22. The van der Waals surface area contributed by atoms with E-state index >= 15 is 0 Å². The van der Waals surface area contributed by atoms with E-state index in [0.29, 0.717) is 22.7 Å². The topological polar surface area (TPSA) is 63.8 Å². The average molecular weight is 411 g/mol. The molecule has 0 aliphatic carbocycles. The maximum absolute atomic E-state index is 13.0. The fourth-order valence-corrected chi connectivity index (χ4v) is 3.58. The van der Waals surface area contributed by atoms with Gasteiger partial charge in [-0.3, -0.25) is 4.79 Å². The maximum atomic E-state index is 13.0. The molecule has 2 aromatic carbocycles. The third kappa shape index (κ3) is 4.52. The molecular weight excluding hydrogens is 388 g/mol. The lowest BCUT2D eigenvalue weighted by Gasteiger charge is -2.11. The van der Waals surface area contributed by atoms with Gasteiger partial charge in [0.05, 0.1) is 11.8 Å². The third-order valence-corrected chi connectivity index (χ3v) is 5.29. The standard InChI is InChI=1S/C23H23ClN2O3/c1-14-5-6-15(2)20(10-14)26-23-19(22(27)25-13-18-4-3-9-28-18)12-16-11-17(24)7-8-21(16)29-23/h5-8,10-12,18H,3-4,9,13H2,1-2H3,(H,25,27)/t18-/m0/s1. The van der Waals surface area contributed by atoms with Gasteiger partial charge >= 0.3 is 0 Å². The summed E-state index contributed by atoms with van der Waals surface area (Å²) in [6.07, 6.45) is 2.04. The van der Waals surface area contributed by atoms with E-state index in [2.05, 4.69) is 10.3 Å². The smallest absolute Gasteiger partial charge is 0.256 e. The molecule has 1 fully saturated rings. The molecule has 1 aliphatic rings. The van der Waals surface area contributed by atoms with Gasteiger partial charge in [0.25, 0.3) is 5.91 Å². The number of benzene rings is 2. The minimum Gasteiger partial charge on any atom is -0.438 e. The number of ether oxygens (including phenoxy) is 1. The Morgan fingerprint density at radius 2 is 2.07 bits per heavy atom. The van der Waals surface area contributed by atoms with Gasteiger partial charge in [0.2, 0.25) is 5.55 Å². The highest BCUT2D eigenvalue weighted by molar-refractivity contribution is 6.31. The Kier molecular flexibility index (Phi) is 5.69. The van der Waals surface area contributed by atoms with Gasteiger partial charge in [0, 0.05) is 23.6 Å². The summed E-state index contributed by atoms with van der Waals surface area (Å²) < 4.78 is 11.6.